The fourth-order valence-electron chi connectivity index (χ4n) is 3.50. The topological polar surface area (TPSA) is 41.6 Å². The van der Waals surface area contributed by atoms with Crippen LogP contribution in [0.25, 0.3) is 0 Å². The summed E-state index contributed by atoms with van der Waals surface area (Å²) in [6.07, 6.45) is 1.49. The molecule has 0 radical (unpaired) electrons. The van der Waals surface area contributed by atoms with E-state index in [9.17, 15) is 4.79 Å². The number of nitrogens with one attached hydrogen (secondary N) is 1. The molecule has 0 aliphatic carbocycles. The van der Waals surface area contributed by atoms with Gasteiger partial charge in [-0.3, -0.25) is 0 Å². The van der Waals surface area contributed by atoms with Crippen LogP contribution in [-0.4, -0.2) is 43.7 Å². The van der Waals surface area contributed by atoms with E-state index >= 15 is 0 Å². The van der Waals surface area contributed by atoms with E-state index in [-0.39, 0.29) is 5.97 Å². The van der Waals surface area contributed by atoms with Crippen molar-refractivity contribution in [1.29, 1.82) is 0 Å². The molecular weight excluding hydrogens is 336 g/mol. The van der Waals surface area contributed by atoms with Crippen LogP contribution in [0.5, 0.6) is 0 Å². The molecule has 27 heavy (non-hydrogen) atoms. The van der Waals surface area contributed by atoms with E-state index in [4.69, 9.17) is 4.74 Å². The van der Waals surface area contributed by atoms with E-state index < -0.39 is 0 Å². The van der Waals surface area contributed by atoms with Crippen molar-refractivity contribution in [2.75, 3.05) is 32.8 Å². The molecule has 0 atom stereocenters. The van der Waals surface area contributed by atoms with Crippen LogP contribution in [-0.2, 0) is 22.4 Å². The Bertz CT molecular complexity index is 707. The number of hydrogen-bond donors (Lipinski definition) is 1. The largest absolute Gasteiger partial charge is 0.461 e. The number of carbonyl (C=O) groups excluding carboxylic acids is 1. The maximum atomic E-state index is 12.9. The van der Waals surface area contributed by atoms with Crippen molar-refractivity contribution >= 4 is 5.97 Å². The normalized spacial score (nSPS) is 13.9. The quantitative estimate of drug-likeness (QED) is 0.605. The second kappa shape index (κ2) is 9.93. The van der Waals surface area contributed by atoms with Crippen molar-refractivity contribution in [3.63, 3.8) is 0 Å². The molecule has 0 saturated carbocycles. The van der Waals surface area contributed by atoms with Crippen molar-refractivity contribution in [2.24, 2.45) is 0 Å². The Kier molecular flexibility index (Phi) is 7.05. The van der Waals surface area contributed by atoms with Crippen molar-refractivity contribution in [1.82, 2.24) is 10.2 Å². The first kappa shape index (κ1) is 19.2. The van der Waals surface area contributed by atoms with Crippen LogP contribution in [0, 0.1) is 0 Å². The van der Waals surface area contributed by atoms with Crippen LogP contribution >= 0.6 is 0 Å². The minimum atomic E-state index is -0.207. The highest BCUT2D eigenvalue weighted by atomic mass is 16.5. The van der Waals surface area contributed by atoms with Gasteiger partial charge in [0.2, 0.25) is 0 Å². The predicted octanol–water partition coefficient (Wildman–Crippen LogP) is 3.19. The third-order valence-electron chi connectivity index (χ3n) is 4.76. The van der Waals surface area contributed by atoms with E-state index in [0.717, 1.165) is 50.3 Å². The lowest BCUT2D eigenvalue weighted by Crippen LogP contribution is -2.45. The van der Waals surface area contributed by atoms with Crippen molar-refractivity contribution in [2.45, 2.75) is 19.8 Å². The van der Waals surface area contributed by atoms with Gasteiger partial charge >= 0.3 is 5.97 Å². The van der Waals surface area contributed by atoms with Gasteiger partial charge in [-0.1, -0.05) is 60.7 Å². The van der Waals surface area contributed by atoms with E-state index in [0.29, 0.717) is 6.61 Å². The lowest BCUT2D eigenvalue weighted by molar-refractivity contribution is -0.140. The van der Waals surface area contributed by atoms with Gasteiger partial charge in [-0.15, -0.1) is 0 Å². The SMILES string of the molecule is CCOC(=O)C(=C(Cc1ccccc1)Cc1ccccc1)N1CCNCC1. The van der Waals surface area contributed by atoms with Crippen LogP contribution in [0.3, 0.4) is 0 Å². The number of benzene rings is 2. The molecule has 1 saturated heterocycles. The van der Waals surface area contributed by atoms with Gasteiger partial charge in [0.1, 0.15) is 5.70 Å². The molecule has 142 valence electrons. The molecule has 2 aromatic rings. The number of carbonyl (C=O) groups is 1. The molecule has 1 aliphatic heterocycles. The van der Waals surface area contributed by atoms with Gasteiger partial charge in [0, 0.05) is 26.2 Å². The summed E-state index contributed by atoms with van der Waals surface area (Å²) in [5, 5.41) is 3.36. The second-order valence-electron chi connectivity index (χ2n) is 6.73. The number of piperazine rings is 1. The molecular formula is C23H28N2O2. The molecule has 3 rings (SSSR count). The number of ether oxygens (including phenoxy) is 1. The van der Waals surface area contributed by atoms with Crippen LogP contribution in [0.2, 0.25) is 0 Å². The predicted molar refractivity (Wildman–Crippen MR) is 108 cm³/mol. The van der Waals surface area contributed by atoms with Crippen LogP contribution in [0.4, 0.5) is 0 Å². The molecule has 0 aromatic heterocycles. The summed E-state index contributed by atoms with van der Waals surface area (Å²) in [5.74, 6) is -0.207. The zero-order valence-electron chi connectivity index (χ0n) is 16.0. The monoisotopic (exact) mass is 364 g/mol. The summed E-state index contributed by atoms with van der Waals surface area (Å²) in [7, 11) is 0. The Morgan fingerprint density at radius 2 is 1.44 bits per heavy atom. The van der Waals surface area contributed by atoms with Gasteiger partial charge in [-0.25, -0.2) is 4.79 Å². The molecule has 0 unspecified atom stereocenters. The Morgan fingerprint density at radius 3 is 1.93 bits per heavy atom. The molecule has 1 heterocycles. The smallest absolute Gasteiger partial charge is 0.354 e. The number of rotatable bonds is 7. The van der Waals surface area contributed by atoms with Crippen molar-refractivity contribution in [3.8, 4) is 0 Å². The first-order valence-electron chi connectivity index (χ1n) is 9.70. The molecule has 0 spiro atoms. The number of esters is 1. The molecule has 4 nitrogen and oxygen atoms in total. The van der Waals surface area contributed by atoms with Gasteiger partial charge in [0.25, 0.3) is 0 Å². The Hall–Kier alpha value is -2.59. The minimum Gasteiger partial charge on any atom is -0.461 e. The Balaban J connectivity index is 2.01. The molecule has 1 aliphatic rings. The number of hydrogen-bond acceptors (Lipinski definition) is 4. The van der Waals surface area contributed by atoms with Gasteiger partial charge < -0.3 is 15.0 Å². The van der Waals surface area contributed by atoms with E-state index in [1.165, 1.54) is 11.1 Å². The average molecular weight is 364 g/mol. The average Bonchev–Trinajstić information content (AvgIpc) is 2.71. The highest BCUT2D eigenvalue weighted by Crippen LogP contribution is 2.22. The van der Waals surface area contributed by atoms with Crippen LogP contribution in [0.1, 0.15) is 18.1 Å². The third-order valence-corrected chi connectivity index (χ3v) is 4.76. The first-order valence-corrected chi connectivity index (χ1v) is 9.70. The van der Waals surface area contributed by atoms with Gasteiger partial charge in [-0.2, -0.15) is 0 Å². The summed E-state index contributed by atoms with van der Waals surface area (Å²) in [5.41, 5.74) is 4.28. The molecule has 0 bridgehead atoms. The Labute approximate surface area is 161 Å². The molecule has 1 fully saturated rings. The summed E-state index contributed by atoms with van der Waals surface area (Å²) < 4.78 is 5.45. The molecule has 1 N–H and O–H groups in total. The maximum Gasteiger partial charge on any atom is 0.354 e. The maximum absolute atomic E-state index is 12.9. The lowest BCUT2D eigenvalue weighted by Gasteiger charge is -2.32. The zero-order chi connectivity index (χ0) is 18.9. The summed E-state index contributed by atoms with van der Waals surface area (Å²) >= 11 is 0. The fourth-order valence-corrected chi connectivity index (χ4v) is 3.50. The molecule has 4 heteroatoms. The van der Waals surface area contributed by atoms with Crippen LogP contribution < -0.4 is 5.32 Å². The molecule has 2 aromatic carbocycles. The summed E-state index contributed by atoms with van der Waals surface area (Å²) in [6, 6.07) is 20.7. The minimum absolute atomic E-state index is 0.207. The zero-order valence-corrected chi connectivity index (χ0v) is 16.0. The second-order valence-corrected chi connectivity index (χ2v) is 6.73. The van der Waals surface area contributed by atoms with Gasteiger partial charge in [0.05, 0.1) is 6.61 Å². The number of nitrogens with zero attached hydrogens (tertiary/aromatic N) is 1. The molecule has 0 amide bonds. The highest BCUT2D eigenvalue weighted by molar-refractivity contribution is 5.89. The van der Waals surface area contributed by atoms with Crippen molar-refractivity contribution < 1.29 is 9.53 Å². The van der Waals surface area contributed by atoms with E-state index in [1.807, 2.05) is 43.3 Å². The van der Waals surface area contributed by atoms with E-state index in [1.54, 1.807) is 0 Å². The van der Waals surface area contributed by atoms with Gasteiger partial charge in [-0.05, 0) is 36.5 Å². The van der Waals surface area contributed by atoms with Gasteiger partial charge in [0.15, 0.2) is 0 Å². The fraction of sp³-hybridized carbons (Fsp3) is 0.348. The van der Waals surface area contributed by atoms with Crippen LogP contribution in [0.15, 0.2) is 71.9 Å². The highest BCUT2D eigenvalue weighted by Gasteiger charge is 2.25. The third kappa shape index (κ3) is 5.44. The Morgan fingerprint density at radius 1 is 0.926 bits per heavy atom. The van der Waals surface area contributed by atoms with E-state index in [2.05, 4.69) is 34.5 Å². The lowest BCUT2D eigenvalue weighted by atomic mass is 9.95. The number of allylic oxidation sites excluding steroid dienone is 1. The standard InChI is InChI=1S/C23H28N2O2/c1-2-27-23(26)22(25-15-13-24-14-16-25)21(17-19-9-5-3-6-10-19)18-20-11-7-4-8-12-20/h3-12,24H,2,13-18H2,1H3. The van der Waals surface area contributed by atoms with Crippen molar-refractivity contribution in [3.05, 3.63) is 83.1 Å². The first-order chi connectivity index (χ1) is 13.3. The summed E-state index contributed by atoms with van der Waals surface area (Å²) in [4.78, 5) is 15.1. The summed E-state index contributed by atoms with van der Waals surface area (Å²) in [6.45, 7) is 5.65.